The van der Waals surface area contributed by atoms with E-state index in [9.17, 15) is 19.2 Å². The van der Waals surface area contributed by atoms with Crippen molar-refractivity contribution >= 4 is 23.6 Å². The van der Waals surface area contributed by atoms with Gasteiger partial charge in [-0.25, -0.2) is 4.98 Å². The molecule has 2 aromatic carbocycles. The van der Waals surface area contributed by atoms with E-state index in [1.165, 1.54) is 13.2 Å². The Labute approximate surface area is 290 Å². The van der Waals surface area contributed by atoms with Gasteiger partial charge in [-0.3, -0.25) is 19.2 Å². The molecule has 0 radical (unpaired) electrons. The first-order chi connectivity index (χ1) is 24.2. The second-order valence-electron chi connectivity index (χ2n) is 13.4. The molecule has 5 heterocycles. The van der Waals surface area contributed by atoms with Gasteiger partial charge in [-0.15, -0.1) is 0 Å². The highest BCUT2D eigenvalue weighted by Crippen LogP contribution is 2.30. The molecule has 0 saturated carbocycles. The third-order valence-corrected chi connectivity index (χ3v) is 9.80. The normalized spacial score (nSPS) is 21.2. The van der Waals surface area contributed by atoms with Gasteiger partial charge < -0.3 is 39.5 Å². The maximum Gasteiger partial charge on any atom is 0.259 e. The number of carbonyl (C=O) groups excluding carboxylic acids is 4. The van der Waals surface area contributed by atoms with E-state index in [-0.39, 0.29) is 61.2 Å². The predicted octanol–water partition coefficient (Wildman–Crippen LogP) is 2.07. The number of amides is 4. The lowest BCUT2D eigenvalue weighted by Gasteiger charge is -2.22. The minimum Gasteiger partial charge on any atom is -0.486 e. The van der Waals surface area contributed by atoms with Gasteiger partial charge in [0.15, 0.2) is 6.61 Å². The highest BCUT2D eigenvalue weighted by Gasteiger charge is 2.40. The molecule has 13 heteroatoms. The summed E-state index contributed by atoms with van der Waals surface area (Å²) in [5, 5.41) is 5.92. The molecule has 3 aromatic rings. The Morgan fingerprint density at radius 2 is 1.74 bits per heavy atom. The number of ether oxygens (including phenoxy) is 3. The summed E-state index contributed by atoms with van der Waals surface area (Å²) in [7, 11) is 3.54. The molecule has 8 rings (SSSR count). The number of nitrogens with zero attached hydrogens (tertiary/aromatic N) is 4. The average Bonchev–Trinajstić information content (AvgIpc) is 3.69. The molecule has 50 heavy (non-hydrogen) atoms. The van der Waals surface area contributed by atoms with Crippen LogP contribution in [0, 0.1) is 0 Å². The molecule has 2 saturated heterocycles. The Bertz CT molecular complexity index is 1800. The molecule has 262 valence electrons. The number of carbonyl (C=O) groups is 4. The van der Waals surface area contributed by atoms with Gasteiger partial charge in [-0.05, 0) is 86.8 Å². The summed E-state index contributed by atoms with van der Waals surface area (Å²) in [6, 6.07) is 13.2. The van der Waals surface area contributed by atoms with E-state index in [0.717, 1.165) is 55.6 Å². The minimum atomic E-state index is -0.594. The van der Waals surface area contributed by atoms with Crippen LogP contribution in [0.3, 0.4) is 0 Å². The number of benzene rings is 2. The second-order valence-corrected chi connectivity index (χ2v) is 13.4. The van der Waals surface area contributed by atoms with Crippen LogP contribution in [0.25, 0.3) is 0 Å². The Morgan fingerprint density at radius 3 is 2.56 bits per heavy atom. The Kier molecular flexibility index (Phi) is 9.57. The van der Waals surface area contributed by atoms with Crippen LogP contribution in [0.1, 0.15) is 60.7 Å². The predicted molar refractivity (Wildman–Crippen MR) is 183 cm³/mol. The van der Waals surface area contributed by atoms with Gasteiger partial charge in [0.25, 0.3) is 23.6 Å². The van der Waals surface area contributed by atoms with Crippen LogP contribution in [0.15, 0.2) is 48.5 Å². The first kappa shape index (κ1) is 33.3. The molecule has 0 spiro atoms. The van der Waals surface area contributed by atoms with Crippen LogP contribution >= 0.6 is 0 Å². The highest BCUT2D eigenvalue weighted by molar-refractivity contribution is 6.01. The molecule has 13 nitrogen and oxygen atoms in total. The fourth-order valence-electron chi connectivity index (χ4n) is 7.01. The summed E-state index contributed by atoms with van der Waals surface area (Å²) in [5.74, 6) is -0.211. The maximum absolute atomic E-state index is 14.0. The minimum absolute atomic E-state index is 0.176. The molecule has 1 aliphatic carbocycles. The van der Waals surface area contributed by atoms with Gasteiger partial charge in [0.2, 0.25) is 5.88 Å². The number of hydrogen-bond acceptors (Lipinski definition) is 9. The second kappa shape index (κ2) is 14.4. The number of likely N-dealkylation sites (tertiary alicyclic amines) is 1. The number of hydrogen-bond donors (Lipinski definition) is 2. The third-order valence-electron chi connectivity index (χ3n) is 9.80. The van der Waals surface area contributed by atoms with Gasteiger partial charge in [-0.2, -0.15) is 0 Å². The number of aryl methyl sites for hydroxylation is 2. The molecule has 4 bridgehead atoms. The Morgan fingerprint density at radius 1 is 0.900 bits per heavy atom. The number of nitrogens with one attached hydrogen (secondary N) is 2. The number of aromatic nitrogens is 1. The number of methoxy groups -OCH3 is 1. The van der Waals surface area contributed by atoms with E-state index in [1.54, 1.807) is 34.1 Å². The lowest BCUT2D eigenvalue weighted by Crippen LogP contribution is -2.45. The van der Waals surface area contributed by atoms with Crippen molar-refractivity contribution in [2.45, 2.75) is 44.4 Å². The van der Waals surface area contributed by atoms with Gasteiger partial charge in [0, 0.05) is 49.5 Å². The van der Waals surface area contributed by atoms with E-state index in [1.807, 2.05) is 25.2 Å². The van der Waals surface area contributed by atoms with Crippen molar-refractivity contribution in [3.05, 3.63) is 82.0 Å². The molecule has 1 aromatic heterocycles. The molecular weight excluding hydrogens is 640 g/mol. The fourth-order valence-corrected chi connectivity index (χ4v) is 7.01. The summed E-state index contributed by atoms with van der Waals surface area (Å²) < 4.78 is 17.8. The van der Waals surface area contributed by atoms with Gasteiger partial charge in [0.1, 0.15) is 23.2 Å². The van der Waals surface area contributed by atoms with E-state index in [4.69, 9.17) is 14.2 Å². The van der Waals surface area contributed by atoms with Crippen molar-refractivity contribution in [2.24, 2.45) is 0 Å². The van der Waals surface area contributed by atoms with Gasteiger partial charge in [-0.1, -0.05) is 12.1 Å². The Hall–Kier alpha value is -5.17. The third kappa shape index (κ3) is 7.23. The SMILES string of the molecule is COc1nc2c(cc1C(=O)N1C[C@@H]3NC(=O)c4cc(cc(C(=O)N5CCCN(C)CC5)c4)OCC(=O)NCc4ccc(cc4)O[C@H]3C1)CCC2. The molecule has 2 fully saturated rings. The van der Waals surface area contributed by atoms with Crippen LogP contribution in [-0.4, -0.2) is 115 Å². The van der Waals surface area contributed by atoms with E-state index < -0.39 is 18.1 Å². The number of likely N-dealkylation sites (N-methyl/N-ethyl adjacent to an activating group) is 1. The van der Waals surface area contributed by atoms with Crippen molar-refractivity contribution in [1.29, 1.82) is 0 Å². The van der Waals surface area contributed by atoms with E-state index >= 15 is 0 Å². The average molecular weight is 683 g/mol. The largest absolute Gasteiger partial charge is 0.486 e. The monoisotopic (exact) mass is 682 g/mol. The molecule has 0 unspecified atom stereocenters. The summed E-state index contributed by atoms with van der Waals surface area (Å²) in [6.07, 6.45) is 2.94. The van der Waals surface area contributed by atoms with Crippen molar-refractivity contribution in [3.8, 4) is 17.4 Å². The van der Waals surface area contributed by atoms with Gasteiger partial charge in [0.05, 0.1) is 19.7 Å². The van der Waals surface area contributed by atoms with Crippen molar-refractivity contribution in [1.82, 2.24) is 30.3 Å². The molecule has 4 aliphatic heterocycles. The van der Waals surface area contributed by atoms with E-state index in [0.29, 0.717) is 30.0 Å². The number of pyridine rings is 1. The summed E-state index contributed by atoms with van der Waals surface area (Å²) >= 11 is 0. The topological polar surface area (TPSA) is 143 Å². The van der Waals surface area contributed by atoms with Crippen LogP contribution in [-0.2, 0) is 24.2 Å². The standard InChI is InChI=1S/C37H42N6O7/c1-41-11-4-12-42(14-13-41)36(46)26-15-25-16-28(17-26)49-22-33(44)38-19-23-7-9-27(10-8-23)50-32-21-43(20-31(32)39-34(25)45)37(47)29-18-24-5-3-6-30(24)40-35(29)48-2/h7-10,15-18,31-32H,3-6,11-14,19-22H2,1-2H3,(H,38,44)(H,39,45)/t31-,32-/m0/s1. The molecular formula is C37H42N6O7. The van der Waals surface area contributed by atoms with Crippen molar-refractivity contribution in [2.75, 3.05) is 60.0 Å². The molecule has 4 amide bonds. The van der Waals surface area contributed by atoms with Crippen molar-refractivity contribution in [3.63, 3.8) is 0 Å². The van der Waals surface area contributed by atoms with Gasteiger partial charge >= 0.3 is 0 Å². The van der Waals surface area contributed by atoms with Crippen LogP contribution in [0.5, 0.6) is 17.4 Å². The summed E-state index contributed by atoms with van der Waals surface area (Å²) in [6.45, 7) is 3.14. The zero-order chi connectivity index (χ0) is 34.8. The summed E-state index contributed by atoms with van der Waals surface area (Å²) in [5.41, 5.74) is 3.74. The van der Waals surface area contributed by atoms with Crippen LogP contribution in [0.4, 0.5) is 0 Å². The quantitative estimate of drug-likeness (QED) is 0.425. The Balaban J connectivity index is 1.19. The van der Waals surface area contributed by atoms with Crippen LogP contribution in [0.2, 0.25) is 0 Å². The first-order valence-electron chi connectivity index (χ1n) is 17.2. The van der Waals surface area contributed by atoms with E-state index in [2.05, 4.69) is 20.5 Å². The lowest BCUT2D eigenvalue weighted by atomic mass is 10.1. The maximum atomic E-state index is 14.0. The lowest BCUT2D eigenvalue weighted by molar-refractivity contribution is -0.123. The van der Waals surface area contributed by atoms with Crippen molar-refractivity contribution < 1.29 is 33.4 Å². The zero-order valence-corrected chi connectivity index (χ0v) is 28.4. The fraction of sp³-hybridized carbons (Fsp3) is 0.432. The highest BCUT2D eigenvalue weighted by atomic mass is 16.5. The molecule has 2 N–H and O–H groups in total. The summed E-state index contributed by atoms with van der Waals surface area (Å²) in [4.78, 5) is 64.7. The zero-order valence-electron chi connectivity index (χ0n) is 28.4. The first-order valence-corrected chi connectivity index (χ1v) is 17.2. The molecule has 2 atom stereocenters. The molecule has 5 aliphatic rings. The number of fused-ring (bicyclic) bond motifs is 8. The number of rotatable bonds is 3. The van der Waals surface area contributed by atoms with Crippen LogP contribution < -0.4 is 24.8 Å². The smallest absolute Gasteiger partial charge is 0.259 e.